The number of nitrogens with zero attached hydrogens (tertiary/aromatic N) is 3. The molecule has 106 valence electrons. The van der Waals surface area contributed by atoms with Crippen LogP contribution >= 0.6 is 0 Å². The first kappa shape index (κ1) is 14.5. The van der Waals surface area contributed by atoms with Crippen LogP contribution in [-0.4, -0.2) is 12.0 Å². The lowest BCUT2D eigenvalue weighted by Crippen LogP contribution is -2.16. The Hall–Kier alpha value is -2.87. The van der Waals surface area contributed by atoms with Crippen molar-refractivity contribution in [3.05, 3.63) is 69.3 Å². The maximum absolute atomic E-state index is 10.8. The van der Waals surface area contributed by atoms with Crippen LogP contribution in [0.25, 0.3) is 0 Å². The van der Waals surface area contributed by atoms with Gasteiger partial charge in [-0.15, -0.1) is 0 Å². The van der Waals surface area contributed by atoms with Crippen LogP contribution in [0.5, 0.6) is 0 Å². The highest BCUT2D eigenvalue weighted by molar-refractivity contribution is 5.59. The van der Waals surface area contributed by atoms with E-state index in [0.717, 1.165) is 11.3 Å². The van der Waals surface area contributed by atoms with Gasteiger partial charge in [0, 0.05) is 25.3 Å². The number of nitro benzene ring substituents is 1. The third-order valence-electron chi connectivity index (χ3n) is 3.24. The Labute approximate surface area is 123 Å². The zero-order valence-electron chi connectivity index (χ0n) is 11.9. The van der Waals surface area contributed by atoms with Crippen LogP contribution in [0, 0.1) is 28.4 Å². The minimum absolute atomic E-state index is 0.0774. The molecule has 0 bridgehead atoms. The molecular formula is C16H15N3O2. The fraction of sp³-hybridized carbons (Fsp3) is 0.188. The summed E-state index contributed by atoms with van der Waals surface area (Å²) in [7, 11) is 1.89. The van der Waals surface area contributed by atoms with E-state index in [2.05, 4.69) is 6.07 Å². The maximum atomic E-state index is 10.8. The molecule has 5 nitrogen and oxygen atoms in total. The smallest absolute Gasteiger partial charge is 0.287 e. The van der Waals surface area contributed by atoms with E-state index in [9.17, 15) is 10.1 Å². The van der Waals surface area contributed by atoms with Crippen molar-refractivity contribution >= 4 is 11.4 Å². The summed E-state index contributed by atoms with van der Waals surface area (Å²) in [6, 6.07) is 14.6. The van der Waals surface area contributed by atoms with Crippen molar-refractivity contribution in [2.75, 3.05) is 11.9 Å². The molecular weight excluding hydrogens is 266 g/mol. The van der Waals surface area contributed by atoms with Crippen molar-refractivity contribution < 1.29 is 4.92 Å². The fourth-order valence-electron chi connectivity index (χ4n) is 2.19. The van der Waals surface area contributed by atoms with Gasteiger partial charge in [0.15, 0.2) is 0 Å². The molecule has 0 atom stereocenters. The monoisotopic (exact) mass is 281 g/mol. The Morgan fingerprint density at radius 3 is 2.67 bits per heavy atom. The summed E-state index contributed by atoms with van der Waals surface area (Å²) in [5, 5.41) is 19.9. The lowest BCUT2D eigenvalue weighted by Gasteiger charge is -2.19. The average Bonchev–Trinajstić information content (AvgIpc) is 2.46. The number of nitro groups is 1. The number of benzene rings is 2. The number of nitriles is 1. The van der Waals surface area contributed by atoms with E-state index in [1.807, 2.05) is 43.1 Å². The van der Waals surface area contributed by atoms with Gasteiger partial charge in [-0.25, -0.2) is 0 Å². The van der Waals surface area contributed by atoms with Gasteiger partial charge in [0.05, 0.1) is 4.92 Å². The molecule has 21 heavy (non-hydrogen) atoms. The topological polar surface area (TPSA) is 70.2 Å². The summed E-state index contributed by atoms with van der Waals surface area (Å²) in [5.74, 6) is 0. The molecule has 0 aromatic heterocycles. The second-order valence-corrected chi connectivity index (χ2v) is 4.92. The second-order valence-electron chi connectivity index (χ2n) is 4.92. The second kappa shape index (κ2) is 6.06. The van der Waals surface area contributed by atoms with E-state index < -0.39 is 4.92 Å². The van der Waals surface area contributed by atoms with E-state index in [0.29, 0.717) is 6.54 Å². The molecule has 2 aromatic carbocycles. The van der Waals surface area contributed by atoms with E-state index >= 15 is 0 Å². The predicted molar refractivity (Wildman–Crippen MR) is 81.1 cm³/mol. The molecule has 0 unspecified atom stereocenters. The van der Waals surface area contributed by atoms with Crippen molar-refractivity contribution in [3.63, 3.8) is 0 Å². The largest absolute Gasteiger partial charge is 0.370 e. The summed E-state index contributed by atoms with van der Waals surface area (Å²) in [5.41, 5.74) is 3.02. The quantitative estimate of drug-likeness (QED) is 0.636. The minimum atomic E-state index is -0.539. The standard InChI is InChI=1S/C16H15N3O2/c1-12-4-3-5-13(8-12)11-18(2)15-6-7-16(19(20)21)14(9-15)10-17/h3-9H,11H2,1-2H3. The van der Waals surface area contributed by atoms with Crippen molar-refractivity contribution in [2.24, 2.45) is 0 Å². The van der Waals surface area contributed by atoms with Gasteiger partial charge >= 0.3 is 0 Å². The van der Waals surface area contributed by atoms with Gasteiger partial charge in [0.2, 0.25) is 0 Å². The molecule has 0 amide bonds. The summed E-state index contributed by atoms with van der Waals surface area (Å²) in [4.78, 5) is 12.3. The van der Waals surface area contributed by atoms with Crippen molar-refractivity contribution in [3.8, 4) is 6.07 Å². The summed E-state index contributed by atoms with van der Waals surface area (Å²) in [6.07, 6.45) is 0. The predicted octanol–water partition coefficient (Wildman–Crippen LogP) is 3.41. The Kier molecular flexibility index (Phi) is 4.19. The third-order valence-corrected chi connectivity index (χ3v) is 3.24. The van der Waals surface area contributed by atoms with Gasteiger partial charge in [0.1, 0.15) is 11.6 Å². The van der Waals surface area contributed by atoms with E-state index in [1.165, 1.54) is 11.6 Å². The minimum Gasteiger partial charge on any atom is -0.370 e. The molecule has 0 N–H and O–H groups in total. The van der Waals surface area contributed by atoms with Gasteiger partial charge in [-0.2, -0.15) is 5.26 Å². The van der Waals surface area contributed by atoms with Gasteiger partial charge in [-0.1, -0.05) is 29.8 Å². The van der Waals surface area contributed by atoms with E-state index in [1.54, 1.807) is 12.1 Å². The van der Waals surface area contributed by atoms with Gasteiger partial charge in [-0.05, 0) is 24.6 Å². The number of hydrogen-bond donors (Lipinski definition) is 0. The highest BCUT2D eigenvalue weighted by Gasteiger charge is 2.15. The zero-order valence-corrected chi connectivity index (χ0v) is 11.9. The highest BCUT2D eigenvalue weighted by Crippen LogP contribution is 2.24. The molecule has 0 aliphatic carbocycles. The lowest BCUT2D eigenvalue weighted by atomic mass is 10.1. The Bertz CT molecular complexity index is 720. The first-order valence-corrected chi connectivity index (χ1v) is 6.46. The van der Waals surface area contributed by atoms with Crippen LogP contribution in [0.15, 0.2) is 42.5 Å². The summed E-state index contributed by atoms with van der Waals surface area (Å²) in [6.45, 7) is 2.70. The molecule has 0 saturated heterocycles. The molecule has 0 radical (unpaired) electrons. The van der Waals surface area contributed by atoms with E-state index in [4.69, 9.17) is 5.26 Å². The third kappa shape index (κ3) is 3.37. The lowest BCUT2D eigenvalue weighted by molar-refractivity contribution is -0.385. The summed E-state index contributed by atoms with van der Waals surface area (Å²) < 4.78 is 0. The van der Waals surface area contributed by atoms with Crippen molar-refractivity contribution in [2.45, 2.75) is 13.5 Å². The molecule has 2 rings (SSSR count). The number of hydrogen-bond acceptors (Lipinski definition) is 4. The average molecular weight is 281 g/mol. The highest BCUT2D eigenvalue weighted by atomic mass is 16.6. The van der Waals surface area contributed by atoms with Gasteiger partial charge in [0.25, 0.3) is 5.69 Å². The van der Waals surface area contributed by atoms with Gasteiger partial charge in [-0.3, -0.25) is 10.1 Å². The first-order chi connectivity index (χ1) is 10.0. The number of aryl methyl sites for hydroxylation is 1. The first-order valence-electron chi connectivity index (χ1n) is 6.46. The Morgan fingerprint density at radius 2 is 2.05 bits per heavy atom. The van der Waals surface area contributed by atoms with Crippen molar-refractivity contribution in [1.29, 1.82) is 5.26 Å². The molecule has 0 saturated carbocycles. The van der Waals surface area contributed by atoms with Crippen molar-refractivity contribution in [1.82, 2.24) is 0 Å². The molecule has 0 fully saturated rings. The van der Waals surface area contributed by atoms with E-state index in [-0.39, 0.29) is 11.3 Å². The molecule has 2 aromatic rings. The SMILES string of the molecule is Cc1cccc(CN(C)c2ccc([N+](=O)[O-])c(C#N)c2)c1. The molecule has 0 spiro atoms. The number of anilines is 1. The van der Waals surface area contributed by atoms with Crippen LogP contribution in [0.3, 0.4) is 0 Å². The maximum Gasteiger partial charge on any atom is 0.287 e. The van der Waals surface area contributed by atoms with Crippen LogP contribution < -0.4 is 4.90 Å². The van der Waals surface area contributed by atoms with Crippen LogP contribution in [0.1, 0.15) is 16.7 Å². The number of rotatable bonds is 4. The summed E-state index contributed by atoms with van der Waals surface area (Å²) >= 11 is 0. The molecule has 0 aliphatic heterocycles. The van der Waals surface area contributed by atoms with Crippen LogP contribution in [0.4, 0.5) is 11.4 Å². The normalized spacial score (nSPS) is 9.95. The van der Waals surface area contributed by atoms with Crippen LogP contribution in [-0.2, 0) is 6.54 Å². The Morgan fingerprint density at radius 1 is 1.29 bits per heavy atom. The zero-order chi connectivity index (χ0) is 15.4. The fourth-order valence-corrected chi connectivity index (χ4v) is 2.19. The van der Waals surface area contributed by atoms with Crippen LogP contribution in [0.2, 0.25) is 0 Å². The molecule has 0 aliphatic rings. The molecule has 5 heteroatoms. The Balaban J connectivity index is 2.26. The van der Waals surface area contributed by atoms with Gasteiger partial charge < -0.3 is 4.90 Å². The molecule has 0 heterocycles.